The predicted octanol–water partition coefficient (Wildman–Crippen LogP) is 3.44. The second-order valence-corrected chi connectivity index (χ2v) is 7.69. The van der Waals surface area contributed by atoms with E-state index in [2.05, 4.69) is 19.1 Å². The van der Waals surface area contributed by atoms with Crippen LogP contribution in [0.25, 0.3) is 16.9 Å². The van der Waals surface area contributed by atoms with Gasteiger partial charge >= 0.3 is 0 Å². The van der Waals surface area contributed by atoms with Crippen LogP contribution in [0.15, 0.2) is 60.8 Å². The van der Waals surface area contributed by atoms with E-state index in [1.807, 2.05) is 42.5 Å². The Morgan fingerprint density at radius 1 is 1.03 bits per heavy atom. The van der Waals surface area contributed by atoms with Crippen molar-refractivity contribution in [2.24, 2.45) is 11.7 Å². The van der Waals surface area contributed by atoms with E-state index in [0.717, 1.165) is 17.7 Å². The van der Waals surface area contributed by atoms with Crippen LogP contribution in [0.2, 0.25) is 0 Å². The number of hydrogen-bond donors (Lipinski definition) is 1. The lowest BCUT2D eigenvalue weighted by Gasteiger charge is -2.30. The van der Waals surface area contributed by atoms with Gasteiger partial charge in [-0.05, 0) is 37.0 Å². The molecule has 2 amide bonds. The van der Waals surface area contributed by atoms with Gasteiger partial charge < -0.3 is 10.6 Å². The summed E-state index contributed by atoms with van der Waals surface area (Å²) < 4.78 is 1.76. The zero-order chi connectivity index (χ0) is 21.1. The van der Waals surface area contributed by atoms with Crippen molar-refractivity contribution < 1.29 is 9.59 Å². The topological polar surface area (TPSA) is 81.2 Å². The van der Waals surface area contributed by atoms with Gasteiger partial charge in [-0.15, -0.1) is 0 Å². The molecule has 0 spiro atoms. The lowest BCUT2D eigenvalue weighted by molar-refractivity contribution is -0.123. The number of aryl methyl sites for hydroxylation is 1. The van der Waals surface area contributed by atoms with Crippen LogP contribution in [-0.2, 0) is 11.2 Å². The van der Waals surface area contributed by atoms with E-state index in [0.29, 0.717) is 37.2 Å². The number of rotatable bonds is 5. The summed E-state index contributed by atoms with van der Waals surface area (Å²) in [4.78, 5) is 26.7. The average molecular weight is 402 g/mol. The molecule has 6 nitrogen and oxygen atoms in total. The van der Waals surface area contributed by atoms with Gasteiger partial charge in [-0.1, -0.05) is 49.4 Å². The summed E-state index contributed by atoms with van der Waals surface area (Å²) in [6.07, 6.45) is 3.98. The number of nitrogens with two attached hydrogens (primary N) is 1. The minimum atomic E-state index is -0.282. The first-order chi connectivity index (χ1) is 14.6. The maximum absolute atomic E-state index is 13.4. The van der Waals surface area contributed by atoms with E-state index in [1.54, 1.807) is 15.8 Å². The average Bonchev–Trinajstić information content (AvgIpc) is 3.25. The summed E-state index contributed by atoms with van der Waals surface area (Å²) in [5.41, 5.74) is 9.73. The highest BCUT2D eigenvalue weighted by Crippen LogP contribution is 2.27. The molecular weight excluding hydrogens is 376 g/mol. The number of para-hydroxylation sites is 1. The predicted molar refractivity (Wildman–Crippen MR) is 116 cm³/mol. The van der Waals surface area contributed by atoms with E-state index in [4.69, 9.17) is 10.8 Å². The van der Waals surface area contributed by atoms with Crippen LogP contribution in [0.3, 0.4) is 0 Å². The minimum Gasteiger partial charge on any atom is -0.369 e. The Morgan fingerprint density at radius 2 is 1.70 bits per heavy atom. The van der Waals surface area contributed by atoms with Crippen molar-refractivity contribution in [3.63, 3.8) is 0 Å². The van der Waals surface area contributed by atoms with Crippen molar-refractivity contribution in [2.75, 3.05) is 13.1 Å². The van der Waals surface area contributed by atoms with Gasteiger partial charge in [-0.2, -0.15) is 5.10 Å². The van der Waals surface area contributed by atoms with Gasteiger partial charge in [0.25, 0.3) is 5.91 Å². The Bertz CT molecular complexity index is 1030. The highest BCUT2D eigenvalue weighted by molar-refractivity contribution is 6.00. The van der Waals surface area contributed by atoms with Crippen molar-refractivity contribution in [1.82, 2.24) is 14.7 Å². The third kappa shape index (κ3) is 3.99. The largest absolute Gasteiger partial charge is 0.369 e. The molecule has 0 atom stereocenters. The van der Waals surface area contributed by atoms with Crippen LogP contribution in [0.1, 0.15) is 35.7 Å². The van der Waals surface area contributed by atoms with Gasteiger partial charge in [-0.25, -0.2) is 4.68 Å². The lowest BCUT2D eigenvalue weighted by Crippen LogP contribution is -2.41. The van der Waals surface area contributed by atoms with Crippen molar-refractivity contribution in [3.05, 3.63) is 71.9 Å². The van der Waals surface area contributed by atoms with Crippen LogP contribution < -0.4 is 5.73 Å². The molecule has 0 saturated carbocycles. The maximum atomic E-state index is 13.4. The number of aromatic nitrogens is 2. The highest BCUT2D eigenvalue weighted by atomic mass is 16.2. The molecule has 3 aromatic rings. The molecule has 1 fully saturated rings. The molecule has 1 aliphatic heterocycles. The molecule has 0 unspecified atom stereocenters. The van der Waals surface area contributed by atoms with Gasteiger partial charge in [-0.3, -0.25) is 9.59 Å². The summed E-state index contributed by atoms with van der Waals surface area (Å²) >= 11 is 0. The van der Waals surface area contributed by atoms with E-state index in [-0.39, 0.29) is 17.7 Å². The first-order valence-electron chi connectivity index (χ1n) is 10.4. The molecule has 0 radical (unpaired) electrons. The standard InChI is InChI=1S/C24H26N4O2/c1-2-17-8-10-18(11-9-17)22-21(16-28(26-22)20-6-4-3-5-7-20)24(30)27-14-12-19(13-15-27)23(25)29/h3-11,16,19H,2,12-15H2,1H3,(H2,25,29). The summed E-state index contributed by atoms with van der Waals surface area (Å²) in [7, 11) is 0. The lowest BCUT2D eigenvalue weighted by atomic mass is 9.95. The Kier molecular flexibility index (Phi) is 5.65. The quantitative estimate of drug-likeness (QED) is 0.710. The van der Waals surface area contributed by atoms with Crippen LogP contribution in [0, 0.1) is 5.92 Å². The van der Waals surface area contributed by atoms with Crippen LogP contribution in [0.4, 0.5) is 0 Å². The van der Waals surface area contributed by atoms with Crippen molar-refractivity contribution >= 4 is 11.8 Å². The van der Waals surface area contributed by atoms with E-state index >= 15 is 0 Å². The van der Waals surface area contributed by atoms with Gasteiger partial charge in [0.15, 0.2) is 0 Å². The summed E-state index contributed by atoms with van der Waals surface area (Å²) in [6.45, 7) is 3.16. The summed E-state index contributed by atoms with van der Waals surface area (Å²) in [6, 6.07) is 18.0. The van der Waals surface area contributed by atoms with E-state index in [9.17, 15) is 9.59 Å². The second kappa shape index (κ2) is 8.53. The number of hydrogen-bond acceptors (Lipinski definition) is 3. The zero-order valence-electron chi connectivity index (χ0n) is 17.1. The van der Waals surface area contributed by atoms with Crippen LogP contribution in [0.5, 0.6) is 0 Å². The maximum Gasteiger partial charge on any atom is 0.257 e. The number of benzene rings is 2. The van der Waals surface area contributed by atoms with Crippen molar-refractivity contribution in [1.29, 1.82) is 0 Å². The molecule has 6 heteroatoms. The molecule has 0 aliphatic carbocycles. The number of primary amides is 1. The smallest absolute Gasteiger partial charge is 0.257 e. The molecule has 1 aromatic heterocycles. The number of piperidine rings is 1. The Hall–Kier alpha value is -3.41. The third-order valence-electron chi connectivity index (χ3n) is 5.79. The highest BCUT2D eigenvalue weighted by Gasteiger charge is 2.29. The second-order valence-electron chi connectivity index (χ2n) is 7.69. The van der Waals surface area contributed by atoms with Gasteiger partial charge in [0.2, 0.25) is 5.91 Å². The summed E-state index contributed by atoms with van der Waals surface area (Å²) in [5, 5.41) is 4.76. The third-order valence-corrected chi connectivity index (χ3v) is 5.79. The number of amides is 2. The molecular formula is C24H26N4O2. The van der Waals surface area contributed by atoms with Gasteiger partial charge in [0.1, 0.15) is 5.69 Å². The van der Waals surface area contributed by atoms with E-state index < -0.39 is 0 Å². The fourth-order valence-corrected chi connectivity index (χ4v) is 3.89. The Labute approximate surface area is 176 Å². The monoisotopic (exact) mass is 402 g/mol. The molecule has 0 bridgehead atoms. The number of carbonyl (C=O) groups is 2. The minimum absolute atomic E-state index is 0.0605. The number of carbonyl (C=O) groups excluding carboxylic acids is 2. The number of nitrogens with zero attached hydrogens (tertiary/aromatic N) is 3. The molecule has 1 aliphatic rings. The molecule has 2 N–H and O–H groups in total. The van der Waals surface area contributed by atoms with Gasteiger partial charge in [0.05, 0.1) is 11.3 Å². The van der Waals surface area contributed by atoms with E-state index in [1.165, 1.54) is 5.56 Å². The molecule has 2 aromatic carbocycles. The zero-order valence-corrected chi connectivity index (χ0v) is 17.1. The normalized spacial score (nSPS) is 14.6. The number of likely N-dealkylation sites (tertiary alicyclic amines) is 1. The van der Waals surface area contributed by atoms with Crippen LogP contribution >= 0.6 is 0 Å². The molecule has 2 heterocycles. The molecule has 154 valence electrons. The SMILES string of the molecule is CCc1ccc(-c2nn(-c3ccccc3)cc2C(=O)N2CCC(C(N)=O)CC2)cc1. The van der Waals surface area contributed by atoms with Crippen LogP contribution in [-0.4, -0.2) is 39.6 Å². The molecule has 4 rings (SSSR count). The van der Waals surface area contributed by atoms with Crippen molar-refractivity contribution in [3.8, 4) is 16.9 Å². The first-order valence-corrected chi connectivity index (χ1v) is 10.4. The van der Waals surface area contributed by atoms with Crippen molar-refractivity contribution in [2.45, 2.75) is 26.2 Å². The molecule has 1 saturated heterocycles. The Balaban J connectivity index is 1.69. The fourth-order valence-electron chi connectivity index (χ4n) is 3.89. The molecule has 30 heavy (non-hydrogen) atoms. The fraction of sp³-hybridized carbons (Fsp3) is 0.292. The first kappa shape index (κ1) is 19.9. The Morgan fingerprint density at radius 3 is 2.30 bits per heavy atom. The summed E-state index contributed by atoms with van der Waals surface area (Å²) in [5.74, 6) is -0.493. The van der Waals surface area contributed by atoms with Gasteiger partial charge in [0, 0.05) is 30.8 Å².